The lowest BCUT2D eigenvalue weighted by atomic mass is 10.1. The first-order chi connectivity index (χ1) is 11.5. The molecule has 0 aliphatic rings. The molecule has 0 unspecified atom stereocenters. The molecular formula is C17H27F2N3O2. The average Bonchev–Trinajstić information content (AvgIpc) is 2.52. The molecule has 1 rings (SSSR count). The molecule has 7 heteroatoms. The number of hydrogen-bond donors (Lipinski definition) is 2. The Hall–Kier alpha value is -2.05. The SMILES string of the molecule is CCOc1cccc(CNC(=NC)NCCC(C)C)c1OC(F)F. The fourth-order valence-electron chi connectivity index (χ4n) is 2.07. The predicted molar refractivity (Wildman–Crippen MR) is 91.9 cm³/mol. The molecule has 24 heavy (non-hydrogen) atoms. The van der Waals surface area contributed by atoms with Gasteiger partial charge >= 0.3 is 6.61 Å². The highest BCUT2D eigenvalue weighted by Crippen LogP contribution is 2.32. The number of halogens is 2. The predicted octanol–water partition coefficient (Wildman–Crippen LogP) is 3.40. The maximum atomic E-state index is 12.7. The molecule has 0 saturated carbocycles. The molecule has 0 amide bonds. The molecule has 136 valence electrons. The third-order valence-electron chi connectivity index (χ3n) is 3.25. The van der Waals surface area contributed by atoms with Gasteiger partial charge in [0.25, 0.3) is 0 Å². The fraction of sp³-hybridized carbons (Fsp3) is 0.588. The van der Waals surface area contributed by atoms with E-state index in [-0.39, 0.29) is 5.75 Å². The summed E-state index contributed by atoms with van der Waals surface area (Å²) >= 11 is 0. The van der Waals surface area contributed by atoms with Gasteiger partial charge in [0.1, 0.15) is 0 Å². The summed E-state index contributed by atoms with van der Waals surface area (Å²) in [5, 5.41) is 6.29. The van der Waals surface area contributed by atoms with E-state index in [1.165, 1.54) is 0 Å². The Kier molecular flexibility index (Phi) is 8.89. The number of nitrogens with one attached hydrogen (secondary N) is 2. The average molecular weight is 343 g/mol. The summed E-state index contributed by atoms with van der Waals surface area (Å²) in [6, 6.07) is 5.07. The summed E-state index contributed by atoms with van der Waals surface area (Å²) in [7, 11) is 1.66. The summed E-state index contributed by atoms with van der Waals surface area (Å²) in [5.41, 5.74) is 0.577. The summed E-state index contributed by atoms with van der Waals surface area (Å²) in [5.74, 6) is 1.56. The van der Waals surface area contributed by atoms with Gasteiger partial charge in [0.15, 0.2) is 17.5 Å². The molecule has 0 radical (unpaired) electrons. The van der Waals surface area contributed by atoms with E-state index in [4.69, 9.17) is 4.74 Å². The number of rotatable bonds is 9. The van der Waals surface area contributed by atoms with Crippen molar-refractivity contribution in [3.05, 3.63) is 23.8 Å². The van der Waals surface area contributed by atoms with Crippen molar-refractivity contribution in [1.82, 2.24) is 10.6 Å². The Morgan fingerprint density at radius 1 is 1.25 bits per heavy atom. The van der Waals surface area contributed by atoms with Crippen LogP contribution in [0.25, 0.3) is 0 Å². The number of nitrogens with zero attached hydrogens (tertiary/aromatic N) is 1. The van der Waals surface area contributed by atoms with Crippen molar-refractivity contribution in [2.24, 2.45) is 10.9 Å². The van der Waals surface area contributed by atoms with Crippen molar-refractivity contribution in [3.63, 3.8) is 0 Å². The number of hydrogen-bond acceptors (Lipinski definition) is 3. The van der Waals surface area contributed by atoms with Gasteiger partial charge in [-0.3, -0.25) is 4.99 Å². The van der Waals surface area contributed by atoms with Crippen molar-refractivity contribution >= 4 is 5.96 Å². The molecule has 1 aromatic rings. The molecule has 0 spiro atoms. The van der Waals surface area contributed by atoms with E-state index in [0.717, 1.165) is 13.0 Å². The Bertz CT molecular complexity index is 523. The molecule has 0 aromatic heterocycles. The van der Waals surface area contributed by atoms with Crippen molar-refractivity contribution < 1.29 is 18.3 Å². The number of para-hydroxylation sites is 1. The van der Waals surface area contributed by atoms with Crippen LogP contribution in [-0.4, -0.2) is 32.8 Å². The van der Waals surface area contributed by atoms with Gasteiger partial charge in [0.2, 0.25) is 0 Å². The minimum atomic E-state index is -2.91. The van der Waals surface area contributed by atoms with Crippen molar-refractivity contribution in [2.75, 3.05) is 20.2 Å². The number of alkyl halides is 2. The van der Waals surface area contributed by atoms with Gasteiger partial charge in [-0.25, -0.2) is 0 Å². The Morgan fingerprint density at radius 2 is 2.00 bits per heavy atom. The van der Waals surface area contributed by atoms with Gasteiger partial charge in [0.05, 0.1) is 6.61 Å². The van der Waals surface area contributed by atoms with Crippen LogP contribution in [0.4, 0.5) is 8.78 Å². The second-order valence-corrected chi connectivity index (χ2v) is 5.59. The summed E-state index contributed by atoms with van der Waals surface area (Å²) in [4.78, 5) is 4.12. The van der Waals surface area contributed by atoms with E-state index in [0.29, 0.717) is 36.3 Å². The second kappa shape index (κ2) is 10.7. The van der Waals surface area contributed by atoms with Crippen molar-refractivity contribution in [3.8, 4) is 11.5 Å². The van der Waals surface area contributed by atoms with Gasteiger partial charge in [0, 0.05) is 25.7 Å². The van der Waals surface area contributed by atoms with E-state index < -0.39 is 6.61 Å². The molecule has 0 aliphatic carbocycles. The lowest BCUT2D eigenvalue weighted by Crippen LogP contribution is -2.37. The molecule has 1 aromatic carbocycles. The van der Waals surface area contributed by atoms with Crippen LogP contribution in [0.5, 0.6) is 11.5 Å². The zero-order valence-electron chi connectivity index (χ0n) is 14.7. The van der Waals surface area contributed by atoms with Gasteiger partial charge in [-0.1, -0.05) is 26.0 Å². The number of aliphatic imine (C=N–C) groups is 1. The third-order valence-corrected chi connectivity index (χ3v) is 3.25. The minimum Gasteiger partial charge on any atom is -0.490 e. The lowest BCUT2D eigenvalue weighted by Gasteiger charge is -2.17. The van der Waals surface area contributed by atoms with Gasteiger partial charge in [-0.05, 0) is 25.3 Å². The van der Waals surface area contributed by atoms with Gasteiger partial charge < -0.3 is 20.1 Å². The molecular weight excluding hydrogens is 316 g/mol. The normalized spacial score (nSPS) is 11.8. The topological polar surface area (TPSA) is 54.9 Å². The maximum absolute atomic E-state index is 12.7. The molecule has 0 heterocycles. The molecule has 0 saturated heterocycles. The van der Waals surface area contributed by atoms with E-state index in [2.05, 4.69) is 34.2 Å². The highest BCUT2D eigenvalue weighted by Gasteiger charge is 2.15. The molecule has 0 aliphatic heterocycles. The first-order valence-electron chi connectivity index (χ1n) is 8.11. The molecule has 5 nitrogen and oxygen atoms in total. The van der Waals surface area contributed by atoms with E-state index in [1.54, 1.807) is 32.2 Å². The fourth-order valence-corrected chi connectivity index (χ4v) is 2.07. The number of guanidine groups is 1. The zero-order chi connectivity index (χ0) is 17.9. The van der Waals surface area contributed by atoms with Crippen LogP contribution in [0.2, 0.25) is 0 Å². The standard InChI is InChI=1S/C17H27F2N3O2/c1-5-23-14-8-6-7-13(15(14)24-16(18)19)11-22-17(20-4)21-10-9-12(2)3/h6-8,12,16H,5,9-11H2,1-4H3,(H2,20,21,22). The highest BCUT2D eigenvalue weighted by atomic mass is 19.3. The first-order valence-corrected chi connectivity index (χ1v) is 8.11. The van der Waals surface area contributed by atoms with Crippen LogP contribution in [0, 0.1) is 5.92 Å². The maximum Gasteiger partial charge on any atom is 0.387 e. The van der Waals surface area contributed by atoms with Crippen LogP contribution in [0.3, 0.4) is 0 Å². The summed E-state index contributed by atoms with van der Waals surface area (Å²) in [6.45, 7) is 4.62. The van der Waals surface area contributed by atoms with Crippen LogP contribution in [0.15, 0.2) is 23.2 Å². The molecule has 0 atom stereocenters. The monoisotopic (exact) mass is 343 g/mol. The molecule has 0 bridgehead atoms. The third kappa shape index (κ3) is 7.02. The molecule has 2 N–H and O–H groups in total. The van der Waals surface area contributed by atoms with E-state index >= 15 is 0 Å². The minimum absolute atomic E-state index is 0.0551. The van der Waals surface area contributed by atoms with Crippen LogP contribution in [-0.2, 0) is 6.54 Å². The van der Waals surface area contributed by atoms with Gasteiger partial charge in [-0.15, -0.1) is 0 Å². The van der Waals surface area contributed by atoms with Crippen molar-refractivity contribution in [2.45, 2.75) is 40.3 Å². The van der Waals surface area contributed by atoms with E-state index in [9.17, 15) is 8.78 Å². The van der Waals surface area contributed by atoms with Crippen LogP contribution >= 0.6 is 0 Å². The zero-order valence-corrected chi connectivity index (χ0v) is 14.7. The smallest absolute Gasteiger partial charge is 0.387 e. The summed E-state index contributed by atoms with van der Waals surface area (Å²) in [6.07, 6.45) is 1.01. The Labute approximate surface area is 142 Å². The Balaban J connectivity index is 2.76. The lowest BCUT2D eigenvalue weighted by molar-refractivity contribution is -0.0520. The van der Waals surface area contributed by atoms with E-state index in [1.807, 2.05) is 0 Å². The van der Waals surface area contributed by atoms with Crippen LogP contribution in [0.1, 0.15) is 32.8 Å². The Morgan fingerprint density at radius 3 is 2.58 bits per heavy atom. The molecule has 0 fully saturated rings. The second-order valence-electron chi connectivity index (χ2n) is 5.59. The summed E-state index contributed by atoms with van der Waals surface area (Å²) < 4.78 is 35.4. The van der Waals surface area contributed by atoms with Crippen molar-refractivity contribution in [1.29, 1.82) is 0 Å². The first kappa shape index (κ1) is 20.0. The van der Waals surface area contributed by atoms with Crippen LogP contribution < -0.4 is 20.1 Å². The quantitative estimate of drug-likeness (QED) is 0.533. The highest BCUT2D eigenvalue weighted by molar-refractivity contribution is 5.79. The number of benzene rings is 1. The largest absolute Gasteiger partial charge is 0.490 e. The number of ether oxygens (including phenoxy) is 2. The van der Waals surface area contributed by atoms with Gasteiger partial charge in [-0.2, -0.15) is 8.78 Å².